The molecule has 1 aromatic carbocycles. The minimum Gasteiger partial charge on any atom is -0.380 e. The number of aromatic nitrogens is 3. The Balaban J connectivity index is 1.33. The van der Waals surface area contributed by atoms with Crippen LogP contribution in [0.15, 0.2) is 36.4 Å². The molecule has 0 spiro atoms. The summed E-state index contributed by atoms with van der Waals surface area (Å²) in [6, 6.07) is 12.6. The topological polar surface area (TPSA) is 90.0 Å². The third kappa shape index (κ3) is 4.57. The highest BCUT2D eigenvalue weighted by molar-refractivity contribution is 7.16. The van der Waals surface area contributed by atoms with E-state index in [2.05, 4.69) is 30.0 Å². The fourth-order valence-electron chi connectivity index (χ4n) is 5.36. The van der Waals surface area contributed by atoms with Crippen LogP contribution in [0.5, 0.6) is 0 Å². The van der Waals surface area contributed by atoms with Crippen LogP contribution in [0.25, 0.3) is 16.8 Å². The molecule has 1 amide bonds. The van der Waals surface area contributed by atoms with Crippen molar-refractivity contribution in [3.63, 3.8) is 0 Å². The number of hydrogen-bond acceptors (Lipinski definition) is 8. The molecule has 2 aliphatic rings. The summed E-state index contributed by atoms with van der Waals surface area (Å²) in [6.07, 6.45) is 0.725. The van der Waals surface area contributed by atoms with Gasteiger partial charge in [0.2, 0.25) is 5.91 Å². The molecule has 11 heteroatoms. The monoisotopic (exact) mass is 559 g/mol. The number of benzene rings is 1. The second kappa shape index (κ2) is 10.5. The number of hydrogen-bond donors (Lipinski definition) is 0. The van der Waals surface area contributed by atoms with Gasteiger partial charge in [-0.1, -0.05) is 18.3 Å². The van der Waals surface area contributed by atoms with Gasteiger partial charge in [0.25, 0.3) is 0 Å². The van der Waals surface area contributed by atoms with E-state index in [9.17, 15) is 14.4 Å². The lowest BCUT2D eigenvalue weighted by Crippen LogP contribution is -2.53. The number of halogens is 1. The van der Waals surface area contributed by atoms with Gasteiger partial charge in [-0.2, -0.15) is 10.4 Å². The number of nitrogens with zero attached hydrogens (tertiary/aromatic N) is 7. The van der Waals surface area contributed by atoms with Crippen LogP contribution in [0.1, 0.15) is 23.2 Å². The van der Waals surface area contributed by atoms with Crippen molar-refractivity contribution in [1.29, 1.82) is 5.26 Å². The number of aryl methyl sites for hydroxylation is 2. The number of anilines is 3. The van der Waals surface area contributed by atoms with Crippen LogP contribution >= 0.6 is 11.3 Å². The Morgan fingerprint density at radius 2 is 1.93 bits per heavy atom. The van der Waals surface area contributed by atoms with Crippen molar-refractivity contribution in [3.05, 3.63) is 58.5 Å². The van der Waals surface area contributed by atoms with Gasteiger partial charge in [0.1, 0.15) is 22.5 Å². The Kier molecular flexibility index (Phi) is 6.90. The second-order valence-corrected chi connectivity index (χ2v) is 11.2. The number of piperazine rings is 1. The van der Waals surface area contributed by atoms with Crippen LogP contribution in [0.4, 0.5) is 20.9 Å². The third-order valence-corrected chi connectivity index (χ3v) is 8.71. The fourth-order valence-corrected chi connectivity index (χ4v) is 6.21. The summed E-state index contributed by atoms with van der Waals surface area (Å²) in [5.74, 6) is -0.121. The molecule has 0 N–H and O–H groups in total. The molecule has 0 bridgehead atoms. The predicted octanol–water partition coefficient (Wildman–Crippen LogP) is 4.40. The molecular weight excluding hydrogens is 529 g/mol. The van der Waals surface area contributed by atoms with Crippen LogP contribution < -0.4 is 9.80 Å². The number of pyridine rings is 1. The number of carbonyl (C=O) groups is 1. The van der Waals surface area contributed by atoms with E-state index >= 15 is 0 Å². The summed E-state index contributed by atoms with van der Waals surface area (Å²) in [5, 5.41) is 15.4. The van der Waals surface area contributed by atoms with E-state index in [4.69, 9.17) is 14.8 Å². The minimum atomic E-state index is -0.332. The number of nitriles is 1. The molecule has 40 heavy (non-hydrogen) atoms. The molecule has 0 saturated carbocycles. The quantitative estimate of drug-likeness (QED) is 0.346. The predicted molar refractivity (Wildman–Crippen MR) is 153 cm³/mol. The fraction of sp³-hybridized carbons (Fsp3) is 0.379. The first-order valence-electron chi connectivity index (χ1n) is 13.4. The van der Waals surface area contributed by atoms with Crippen molar-refractivity contribution >= 4 is 39.3 Å². The molecule has 2 saturated heterocycles. The Morgan fingerprint density at radius 1 is 1.20 bits per heavy atom. The molecule has 9 nitrogen and oxygen atoms in total. The number of ether oxygens (including phenoxy) is 1. The number of carbonyl (C=O) groups excluding carboxylic acids is 1. The summed E-state index contributed by atoms with van der Waals surface area (Å²) in [6.45, 7) is 8.08. The van der Waals surface area contributed by atoms with Gasteiger partial charge in [-0.15, -0.1) is 0 Å². The first kappa shape index (κ1) is 26.2. The molecule has 6 rings (SSSR count). The number of fused-ring (bicyclic) bond motifs is 1. The van der Waals surface area contributed by atoms with Crippen molar-refractivity contribution < 1.29 is 13.9 Å². The molecule has 0 radical (unpaired) electrons. The van der Waals surface area contributed by atoms with E-state index in [1.807, 2.05) is 28.3 Å². The molecule has 3 aromatic heterocycles. The molecular formula is C29H30FN7O2S. The maximum atomic E-state index is 13.5. The largest absolute Gasteiger partial charge is 0.380 e. The Hall–Kier alpha value is -4.01. The van der Waals surface area contributed by atoms with Crippen LogP contribution in [-0.2, 0) is 16.0 Å². The van der Waals surface area contributed by atoms with E-state index in [1.54, 1.807) is 12.1 Å². The van der Waals surface area contributed by atoms with Gasteiger partial charge in [0, 0.05) is 50.2 Å². The van der Waals surface area contributed by atoms with Crippen LogP contribution in [-0.4, -0.2) is 71.8 Å². The first-order valence-corrected chi connectivity index (χ1v) is 14.2. The van der Waals surface area contributed by atoms with Gasteiger partial charge in [-0.3, -0.25) is 4.79 Å². The molecule has 2 aliphatic heterocycles. The van der Waals surface area contributed by atoms with Gasteiger partial charge >= 0.3 is 0 Å². The highest BCUT2D eigenvalue weighted by Gasteiger charge is 2.32. The lowest BCUT2D eigenvalue weighted by atomic mass is 10.1. The minimum absolute atomic E-state index is 0.0125. The number of amides is 1. The van der Waals surface area contributed by atoms with Crippen molar-refractivity contribution in [2.75, 3.05) is 56.2 Å². The Bertz CT molecular complexity index is 1610. The van der Waals surface area contributed by atoms with Crippen LogP contribution in [0, 0.1) is 30.0 Å². The van der Waals surface area contributed by atoms with Gasteiger partial charge in [0.15, 0.2) is 5.13 Å². The Morgan fingerprint density at radius 3 is 2.55 bits per heavy atom. The summed E-state index contributed by atoms with van der Waals surface area (Å²) < 4.78 is 20.7. The van der Waals surface area contributed by atoms with Gasteiger partial charge < -0.3 is 19.4 Å². The lowest BCUT2D eigenvalue weighted by Gasteiger charge is -2.39. The highest BCUT2D eigenvalue weighted by Crippen LogP contribution is 2.39. The van der Waals surface area contributed by atoms with E-state index < -0.39 is 0 Å². The summed E-state index contributed by atoms with van der Waals surface area (Å²) >= 11 is 1.31. The summed E-state index contributed by atoms with van der Waals surface area (Å²) in [5.41, 5.74) is 6.16. The number of thiazole rings is 1. The summed E-state index contributed by atoms with van der Waals surface area (Å²) in [7, 11) is 1.95. The van der Waals surface area contributed by atoms with Crippen LogP contribution in [0.2, 0.25) is 0 Å². The zero-order valence-electron chi connectivity index (χ0n) is 22.7. The normalized spacial score (nSPS) is 15.8. The molecule has 4 aromatic rings. The Labute approximate surface area is 236 Å². The molecule has 2 fully saturated rings. The van der Waals surface area contributed by atoms with E-state index in [0.29, 0.717) is 47.6 Å². The average molecular weight is 560 g/mol. The first-order chi connectivity index (χ1) is 19.4. The smallest absolute Gasteiger partial charge is 0.230 e. The van der Waals surface area contributed by atoms with Crippen molar-refractivity contribution in [1.82, 2.24) is 19.5 Å². The standard InChI is InChI=1S/C29H30FN7O2S/c1-4-23-27(34(3)29-32-26(25(15-31)40-29)19-5-7-21(30)8-6-19)24-14-22(13-18(2)37(24)33-23)35-9-11-36(12-10-35)28(38)20-16-39-17-20/h5-8,13-14,20H,4,9-12,16-17H2,1-3H3. The van der Waals surface area contributed by atoms with Crippen molar-refractivity contribution in [3.8, 4) is 17.3 Å². The zero-order chi connectivity index (χ0) is 28.0. The van der Waals surface area contributed by atoms with Crippen molar-refractivity contribution in [2.24, 2.45) is 5.92 Å². The highest BCUT2D eigenvalue weighted by atomic mass is 32.1. The zero-order valence-corrected chi connectivity index (χ0v) is 23.5. The van der Waals surface area contributed by atoms with Crippen molar-refractivity contribution in [2.45, 2.75) is 20.3 Å². The third-order valence-electron chi connectivity index (χ3n) is 7.68. The maximum absolute atomic E-state index is 13.5. The SMILES string of the molecule is CCc1nn2c(C)cc(N3CCN(C(=O)C4COC4)CC3)cc2c1N(C)c1nc(-c2ccc(F)cc2)c(C#N)s1. The summed E-state index contributed by atoms with van der Waals surface area (Å²) in [4.78, 5) is 24.2. The average Bonchev–Trinajstić information content (AvgIpc) is 3.54. The number of rotatable bonds is 6. The molecule has 0 atom stereocenters. The molecule has 0 unspecified atom stereocenters. The van der Waals surface area contributed by atoms with E-state index in [-0.39, 0.29) is 17.6 Å². The maximum Gasteiger partial charge on any atom is 0.230 e. The second-order valence-electron chi connectivity index (χ2n) is 10.2. The van der Waals surface area contributed by atoms with E-state index in [0.717, 1.165) is 47.8 Å². The molecule has 5 heterocycles. The van der Waals surface area contributed by atoms with Crippen LogP contribution in [0.3, 0.4) is 0 Å². The lowest BCUT2D eigenvalue weighted by molar-refractivity contribution is -0.150. The van der Waals surface area contributed by atoms with Gasteiger partial charge in [-0.25, -0.2) is 13.9 Å². The van der Waals surface area contributed by atoms with Gasteiger partial charge in [0.05, 0.1) is 36.0 Å². The molecule has 206 valence electrons. The molecule has 0 aliphatic carbocycles. The van der Waals surface area contributed by atoms with Gasteiger partial charge in [-0.05, 0) is 49.7 Å². The van der Waals surface area contributed by atoms with E-state index in [1.165, 1.54) is 23.5 Å².